The van der Waals surface area contributed by atoms with Crippen molar-refractivity contribution in [1.82, 2.24) is 34.3 Å². The monoisotopic (exact) mass is 411 g/mol. The second-order valence-corrected chi connectivity index (χ2v) is 7.31. The van der Waals surface area contributed by atoms with Crippen molar-refractivity contribution < 1.29 is 4.74 Å². The van der Waals surface area contributed by atoms with Crippen molar-refractivity contribution in [2.75, 3.05) is 32.8 Å². The minimum absolute atomic E-state index is 0.202. The Morgan fingerprint density at radius 2 is 1.83 bits per heavy atom. The maximum Gasteiger partial charge on any atom is 0.283 e. The van der Waals surface area contributed by atoms with E-state index in [1.165, 1.54) is 0 Å². The first-order valence-corrected chi connectivity index (χ1v) is 9.74. The summed E-state index contributed by atoms with van der Waals surface area (Å²) >= 11 is 5.97. The first-order valence-electron chi connectivity index (χ1n) is 9.36. The van der Waals surface area contributed by atoms with Crippen LogP contribution in [-0.2, 0) is 11.3 Å². The summed E-state index contributed by atoms with van der Waals surface area (Å²) in [6, 6.07) is 7.39. The quantitative estimate of drug-likeness (QED) is 0.502. The summed E-state index contributed by atoms with van der Waals surface area (Å²) in [4.78, 5) is 19.6. The van der Waals surface area contributed by atoms with E-state index in [0.717, 1.165) is 44.0 Å². The fraction of sp³-hybridized carbons (Fsp3) is 0.316. The van der Waals surface area contributed by atoms with E-state index in [9.17, 15) is 4.79 Å². The molecule has 0 aliphatic carbocycles. The fourth-order valence-corrected chi connectivity index (χ4v) is 3.59. The molecule has 1 aliphatic rings. The van der Waals surface area contributed by atoms with Crippen LogP contribution in [0.1, 0.15) is 0 Å². The number of hydrogen-bond acceptors (Lipinski definition) is 7. The van der Waals surface area contributed by atoms with Crippen LogP contribution in [0, 0.1) is 0 Å². The number of ether oxygens (including phenoxy) is 1. The molecule has 3 aromatic heterocycles. The molecule has 0 spiro atoms. The van der Waals surface area contributed by atoms with Crippen molar-refractivity contribution in [2.45, 2.75) is 6.54 Å². The van der Waals surface area contributed by atoms with Gasteiger partial charge in [0, 0.05) is 36.8 Å². The number of aromatic nitrogens is 6. The van der Waals surface area contributed by atoms with Crippen molar-refractivity contribution in [2.24, 2.45) is 0 Å². The molecule has 4 aromatic rings. The topological polar surface area (TPSA) is 90.4 Å². The lowest BCUT2D eigenvalue weighted by Gasteiger charge is -2.26. The molecule has 5 rings (SSSR count). The Hall–Kier alpha value is -2.88. The van der Waals surface area contributed by atoms with Gasteiger partial charge in [-0.15, -0.1) is 10.2 Å². The highest BCUT2D eigenvalue weighted by molar-refractivity contribution is 6.30. The number of benzene rings is 1. The number of morpholine rings is 1. The molecule has 0 unspecified atom stereocenters. The Bertz CT molecular complexity index is 1230. The first kappa shape index (κ1) is 18.2. The van der Waals surface area contributed by atoms with E-state index in [1.54, 1.807) is 33.7 Å². The Morgan fingerprint density at radius 3 is 2.62 bits per heavy atom. The van der Waals surface area contributed by atoms with Crippen LogP contribution in [0.5, 0.6) is 0 Å². The van der Waals surface area contributed by atoms with Gasteiger partial charge in [-0.05, 0) is 17.7 Å². The van der Waals surface area contributed by atoms with Crippen LogP contribution < -0.4 is 5.56 Å². The molecular formula is C19H18ClN7O2. The highest BCUT2D eigenvalue weighted by Crippen LogP contribution is 2.25. The van der Waals surface area contributed by atoms with Gasteiger partial charge in [0.25, 0.3) is 5.56 Å². The van der Waals surface area contributed by atoms with Crippen LogP contribution >= 0.6 is 11.6 Å². The van der Waals surface area contributed by atoms with Crippen LogP contribution in [0.25, 0.3) is 27.9 Å². The van der Waals surface area contributed by atoms with E-state index < -0.39 is 0 Å². The van der Waals surface area contributed by atoms with Crippen LogP contribution in [0.2, 0.25) is 5.02 Å². The van der Waals surface area contributed by atoms with E-state index >= 15 is 0 Å². The molecule has 1 fully saturated rings. The number of nitrogens with zero attached hydrogens (tertiary/aromatic N) is 7. The second kappa shape index (κ2) is 7.51. The van der Waals surface area contributed by atoms with Gasteiger partial charge in [-0.3, -0.25) is 14.3 Å². The highest BCUT2D eigenvalue weighted by atomic mass is 35.5. The van der Waals surface area contributed by atoms with Gasteiger partial charge in [-0.1, -0.05) is 23.7 Å². The van der Waals surface area contributed by atoms with Gasteiger partial charge in [0.2, 0.25) is 0 Å². The third-order valence-electron chi connectivity index (χ3n) is 5.10. The SMILES string of the molecule is O=c1c2nnc3c(-c4ccc(Cl)cc4)cnn3c2ncn1CCN1CCOCC1. The molecule has 10 heteroatoms. The summed E-state index contributed by atoms with van der Waals surface area (Å²) in [7, 11) is 0. The Balaban J connectivity index is 1.50. The molecule has 1 saturated heterocycles. The van der Waals surface area contributed by atoms with Gasteiger partial charge in [0.05, 0.1) is 19.4 Å². The van der Waals surface area contributed by atoms with Gasteiger partial charge in [-0.25, -0.2) is 4.98 Å². The highest BCUT2D eigenvalue weighted by Gasteiger charge is 2.16. The maximum atomic E-state index is 12.9. The third-order valence-corrected chi connectivity index (χ3v) is 5.35. The molecule has 1 aromatic carbocycles. The Morgan fingerprint density at radius 1 is 1.03 bits per heavy atom. The molecule has 0 N–H and O–H groups in total. The van der Waals surface area contributed by atoms with E-state index in [-0.39, 0.29) is 11.1 Å². The molecular weight excluding hydrogens is 394 g/mol. The van der Waals surface area contributed by atoms with Gasteiger partial charge in [0.1, 0.15) is 6.33 Å². The van der Waals surface area contributed by atoms with E-state index in [0.29, 0.717) is 22.9 Å². The van der Waals surface area contributed by atoms with Crippen LogP contribution in [0.15, 0.2) is 41.6 Å². The van der Waals surface area contributed by atoms with Crippen LogP contribution in [0.4, 0.5) is 0 Å². The summed E-state index contributed by atoms with van der Waals surface area (Å²) in [6.45, 7) is 4.49. The van der Waals surface area contributed by atoms with Gasteiger partial charge < -0.3 is 4.74 Å². The molecule has 148 valence electrons. The summed E-state index contributed by atoms with van der Waals surface area (Å²) in [5, 5.41) is 13.5. The Kier molecular flexibility index (Phi) is 4.70. The summed E-state index contributed by atoms with van der Waals surface area (Å²) < 4.78 is 8.48. The lowest BCUT2D eigenvalue weighted by atomic mass is 10.1. The standard InChI is InChI=1S/C19H18ClN7O2/c20-14-3-1-13(2-4-14)15-11-22-27-17(15)24-23-16-18(27)21-12-26(19(16)28)6-5-25-7-9-29-10-8-25/h1-4,11-12H,5-10H2. The number of rotatable bonds is 4. The van der Waals surface area contributed by atoms with Crippen molar-refractivity contribution >= 4 is 28.4 Å². The summed E-state index contributed by atoms with van der Waals surface area (Å²) in [5.74, 6) is 0. The van der Waals surface area contributed by atoms with E-state index in [2.05, 4.69) is 25.2 Å². The number of hydrogen-bond donors (Lipinski definition) is 0. The molecule has 0 bridgehead atoms. The lowest BCUT2D eigenvalue weighted by Crippen LogP contribution is -2.39. The predicted molar refractivity (Wildman–Crippen MR) is 108 cm³/mol. The van der Waals surface area contributed by atoms with Crippen molar-refractivity contribution in [3.05, 3.63) is 52.2 Å². The number of fused-ring (bicyclic) bond motifs is 3. The Labute approximate surface area is 170 Å². The molecule has 1 aliphatic heterocycles. The predicted octanol–water partition coefficient (Wildman–Crippen LogP) is 1.49. The van der Waals surface area contributed by atoms with Crippen LogP contribution in [0.3, 0.4) is 0 Å². The van der Waals surface area contributed by atoms with Crippen LogP contribution in [-0.4, -0.2) is 67.1 Å². The zero-order valence-electron chi connectivity index (χ0n) is 15.5. The smallest absolute Gasteiger partial charge is 0.283 e. The zero-order valence-corrected chi connectivity index (χ0v) is 16.3. The average molecular weight is 412 g/mol. The zero-order chi connectivity index (χ0) is 19.8. The molecule has 0 amide bonds. The fourth-order valence-electron chi connectivity index (χ4n) is 3.47. The molecule has 0 saturated carbocycles. The van der Waals surface area contributed by atoms with Crippen molar-refractivity contribution in [3.63, 3.8) is 0 Å². The minimum atomic E-state index is -0.221. The molecule has 29 heavy (non-hydrogen) atoms. The van der Waals surface area contributed by atoms with E-state index in [1.807, 2.05) is 12.1 Å². The molecule has 9 nitrogen and oxygen atoms in total. The molecule has 0 atom stereocenters. The number of halogens is 1. The maximum absolute atomic E-state index is 12.9. The third kappa shape index (κ3) is 3.37. The van der Waals surface area contributed by atoms with Crippen molar-refractivity contribution in [3.8, 4) is 11.1 Å². The normalized spacial score (nSPS) is 15.3. The lowest BCUT2D eigenvalue weighted by molar-refractivity contribution is 0.0362. The minimum Gasteiger partial charge on any atom is -0.379 e. The summed E-state index contributed by atoms with van der Waals surface area (Å²) in [5.41, 5.74) is 2.63. The second-order valence-electron chi connectivity index (χ2n) is 6.87. The molecule has 0 radical (unpaired) electrons. The summed E-state index contributed by atoms with van der Waals surface area (Å²) in [6.07, 6.45) is 3.24. The first-order chi connectivity index (χ1) is 14.2. The van der Waals surface area contributed by atoms with E-state index in [4.69, 9.17) is 16.3 Å². The van der Waals surface area contributed by atoms with Gasteiger partial charge in [0.15, 0.2) is 16.8 Å². The molecule has 4 heterocycles. The average Bonchev–Trinajstić information content (AvgIpc) is 3.19. The largest absolute Gasteiger partial charge is 0.379 e. The van der Waals surface area contributed by atoms with Gasteiger partial charge >= 0.3 is 0 Å². The van der Waals surface area contributed by atoms with Gasteiger partial charge in [-0.2, -0.15) is 9.61 Å². The van der Waals surface area contributed by atoms with Crippen molar-refractivity contribution in [1.29, 1.82) is 0 Å².